The zero-order valence-corrected chi connectivity index (χ0v) is 12.3. The third-order valence-corrected chi connectivity index (χ3v) is 4.15. The second kappa shape index (κ2) is 7.53. The van der Waals surface area contributed by atoms with Crippen LogP contribution in [-0.2, 0) is 11.2 Å². The van der Waals surface area contributed by atoms with Gasteiger partial charge in [0.05, 0.1) is 6.54 Å². The maximum atomic E-state index is 13.5. The molecule has 3 heteroatoms. The molecule has 2 rings (SSSR count). The first-order valence-corrected chi connectivity index (χ1v) is 7.66. The van der Waals surface area contributed by atoms with Crippen LogP contribution in [0.1, 0.15) is 38.2 Å². The van der Waals surface area contributed by atoms with Gasteiger partial charge < -0.3 is 0 Å². The molecule has 0 unspecified atom stereocenters. The largest absolute Gasteiger partial charge is 0.298 e. The topological polar surface area (TPSA) is 20.3 Å². The highest BCUT2D eigenvalue weighted by atomic mass is 19.1. The molecule has 0 N–H and O–H groups in total. The maximum Gasteiger partial charge on any atom is 0.151 e. The Morgan fingerprint density at radius 3 is 2.65 bits per heavy atom. The number of nitrogens with zero attached hydrogens (tertiary/aromatic N) is 1. The van der Waals surface area contributed by atoms with E-state index >= 15 is 0 Å². The summed E-state index contributed by atoms with van der Waals surface area (Å²) in [6.07, 6.45) is 5.15. The van der Waals surface area contributed by atoms with Crippen LogP contribution < -0.4 is 0 Å². The van der Waals surface area contributed by atoms with Gasteiger partial charge in [0.2, 0.25) is 0 Å². The van der Waals surface area contributed by atoms with E-state index in [-0.39, 0.29) is 18.0 Å². The lowest BCUT2D eigenvalue weighted by molar-refractivity contribution is -0.120. The Kier molecular flexibility index (Phi) is 5.72. The number of benzene rings is 1. The molecule has 0 aliphatic carbocycles. The van der Waals surface area contributed by atoms with Gasteiger partial charge in [-0.05, 0) is 43.5 Å². The first-order valence-electron chi connectivity index (χ1n) is 7.66. The lowest BCUT2D eigenvalue weighted by atomic mass is 9.92. The third kappa shape index (κ3) is 4.41. The van der Waals surface area contributed by atoms with E-state index in [1.54, 1.807) is 18.2 Å². The molecule has 1 heterocycles. The fraction of sp³-hybridized carbons (Fsp3) is 0.588. The summed E-state index contributed by atoms with van der Waals surface area (Å²) < 4.78 is 13.5. The zero-order valence-electron chi connectivity index (χ0n) is 12.3. The van der Waals surface area contributed by atoms with Gasteiger partial charge in [0, 0.05) is 6.42 Å². The van der Waals surface area contributed by atoms with Gasteiger partial charge in [-0.2, -0.15) is 0 Å². The van der Waals surface area contributed by atoms with Crippen molar-refractivity contribution in [1.29, 1.82) is 0 Å². The first-order chi connectivity index (χ1) is 9.69. The van der Waals surface area contributed by atoms with E-state index < -0.39 is 0 Å². The molecular weight excluding hydrogens is 253 g/mol. The molecule has 1 saturated heterocycles. The fourth-order valence-electron chi connectivity index (χ4n) is 3.00. The molecule has 20 heavy (non-hydrogen) atoms. The van der Waals surface area contributed by atoms with Crippen LogP contribution in [0.15, 0.2) is 24.3 Å². The Hall–Kier alpha value is -1.22. The van der Waals surface area contributed by atoms with Gasteiger partial charge in [-0.25, -0.2) is 4.39 Å². The monoisotopic (exact) mass is 277 g/mol. The normalized spacial score (nSPS) is 17.3. The minimum absolute atomic E-state index is 0.115. The molecule has 0 aromatic heterocycles. The number of ketones is 1. The molecule has 0 atom stereocenters. The van der Waals surface area contributed by atoms with E-state index in [4.69, 9.17) is 0 Å². The van der Waals surface area contributed by atoms with Crippen molar-refractivity contribution in [3.05, 3.63) is 35.6 Å². The van der Waals surface area contributed by atoms with Gasteiger partial charge in [0.25, 0.3) is 0 Å². The second-order valence-electron chi connectivity index (χ2n) is 5.82. The summed E-state index contributed by atoms with van der Waals surface area (Å²) in [5.74, 6) is 0.671. The van der Waals surface area contributed by atoms with Gasteiger partial charge in [0.1, 0.15) is 5.82 Å². The first kappa shape index (κ1) is 15.2. The van der Waals surface area contributed by atoms with Crippen molar-refractivity contribution in [2.24, 2.45) is 5.92 Å². The number of hydrogen-bond acceptors (Lipinski definition) is 2. The molecule has 1 fully saturated rings. The Morgan fingerprint density at radius 1 is 1.30 bits per heavy atom. The van der Waals surface area contributed by atoms with Crippen LogP contribution in [0.25, 0.3) is 0 Å². The van der Waals surface area contributed by atoms with E-state index in [0.717, 1.165) is 19.0 Å². The average molecular weight is 277 g/mol. The molecule has 0 bridgehead atoms. The van der Waals surface area contributed by atoms with Crippen LogP contribution in [0.4, 0.5) is 4.39 Å². The number of Topliss-reactive ketones (excluding diaryl/α,β-unsaturated/α-hetero) is 1. The summed E-state index contributed by atoms with van der Waals surface area (Å²) in [6.45, 7) is 4.71. The standard InChI is InChI=1S/C17H24FNO/c1-2-5-14-8-10-19(11-9-14)13-16(20)12-15-6-3-4-7-17(15)18/h3-4,6-7,14H,2,5,8-13H2,1H3. The van der Waals surface area contributed by atoms with E-state index in [9.17, 15) is 9.18 Å². The van der Waals surface area contributed by atoms with Crippen molar-refractivity contribution in [3.8, 4) is 0 Å². The van der Waals surface area contributed by atoms with E-state index in [0.29, 0.717) is 12.1 Å². The highest BCUT2D eigenvalue weighted by Gasteiger charge is 2.20. The van der Waals surface area contributed by atoms with E-state index in [1.807, 2.05) is 0 Å². The molecule has 0 amide bonds. The van der Waals surface area contributed by atoms with Crippen molar-refractivity contribution in [3.63, 3.8) is 0 Å². The minimum Gasteiger partial charge on any atom is -0.298 e. The lowest BCUT2D eigenvalue weighted by Crippen LogP contribution is -2.37. The Bertz CT molecular complexity index is 438. The lowest BCUT2D eigenvalue weighted by Gasteiger charge is -2.31. The average Bonchev–Trinajstić information content (AvgIpc) is 2.44. The van der Waals surface area contributed by atoms with Crippen LogP contribution in [0.3, 0.4) is 0 Å². The van der Waals surface area contributed by atoms with Crippen molar-refractivity contribution >= 4 is 5.78 Å². The number of rotatable bonds is 6. The summed E-state index contributed by atoms with van der Waals surface area (Å²) in [6, 6.07) is 6.54. The molecule has 0 saturated carbocycles. The van der Waals surface area contributed by atoms with Crippen LogP contribution in [0.5, 0.6) is 0 Å². The predicted molar refractivity (Wildman–Crippen MR) is 79.2 cm³/mol. The molecule has 110 valence electrons. The Morgan fingerprint density at radius 2 is 2.00 bits per heavy atom. The molecule has 1 aliphatic rings. The van der Waals surface area contributed by atoms with Gasteiger partial charge in [-0.15, -0.1) is 0 Å². The minimum atomic E-state index is -0.275. The molecule has 0 radical (unpaired) electrons. The summed E-state index contributed by atoms with van der Waals surface area (Å²) in [4.78, 5) is 14.2. The van der Waals surface area contributed by atoms with Crippen LogP contribution in [-0.4, -0.2) is 30.3 Å². The number of piperidine rings is 1. The van der Waals surface area contributed by atoms with Crippen molar-refractivity contribution in [2.75, 3.05) is 19.6 Å². The molecule has 1 aromatic carbocycles. The van der Waals surface area contributed by atoms with Crippen molar-refractivity contribution in [1.82, 2.24) is 4.90 Å². The highest BCUT2D eigenvalue weighted by Crippen LogP contribution is 2.21. The molecule has 2 nitrogen and oxygen atoms in total. The smallest absolute Gasteiger partial charge is 0.151 e. The summed E-state index contributed by atoms with van der Waals surface area (Å²) >= 11 is 0. The fourth-order valence-corrected chi connectivity index (χ4v) is 3.00. The predicted octanol–water partition coefficient (Wildman–Crippen LogP) is 3.45. The Labute approximate surface area is 121 Å². The second-order valence-corrected chi connectivity index (χ2v) is 5.82. The summed E-state index contributed by atoms with van der Waals surface area (Å²) in [5.41, 5.74) is 0.512. The molecule has 1 aliphatic heterocycles. The van der Waals surface area contributed by atoms with Gasteiger partial charge in [0.15, 0.2) is 5.78 Å². The van der Waals surface area contributed by atoms with E-state index in [2.05, 4.69) is 11.8 Å². The molecule has 1 aromatic rings. The summed E-state index contributed by atoms with van der Waals surface area (Å²) in [7, 11) is 0. The van der Waals surface area contributed by atoms with Crippen LogP contribution in [0.2, 0.25) is 0 Å². The van der Waals surface area contributed by atoms with Crippen LogP contribution >= 0.6 is 0 Å². The third-order valence-electron chi connectivity index (χ3n) is 4.15. The number of likely N-dealkylation sites (tertiary alicyclic amines) is 1. The van der Waals surface area contributed by atoms with Crippen LogP contribution in [0, 0.1) is 11.7 Å². The van der Waals surface area contributed by atoms with Crippen molar-refractivity contribution in [2.45, 2.75) is 39.0 Å². The van der Waals surface area contributed by atoms with Gasteiger partial charge >= 0.3 is 0 Å². The molecular formula is C17H24FNO. The van der Waals surface area contributed by atoms with E-state index in [1.165, 1.54) is 31.7 Å². The highest BCUT2D eigenvalue weighted by molar-refractivity contribution is 5.82. The van der Waals surface area contributed by atoms with Crippen molar-refractivity contribution < 1.29 is 9.18 Å². The number of hydrogen-bond donors (Lipinski definition) is 0. The number of carbonyl (C=O) groups excluding carboxylic acids is 1. The zero-order chi connectivity index (χ0) is 14.4. The maximum absolute atomic E-state index is 13.5. The molecule has 0 spiro atoms. The van der Waals surface area contributed by atoms with Gasteiger partial charge in [-0.3, -0.25) is 9.69 Å². The summed E-state index contributed by atoms with van der Waals surface area (Å²) in [5, 5.41) is 0. The number of halogens is 1. The SMILES string of the molecule is CCCC1CCN(CC(=O)Cc2ccccc2F)CC1. The quantitative estimate of drug-likeness (QED) is 0.794. The Balaban J connectivity index is 1.77. The number of carbonyl (C=O) groups is 1. The van der Waals surface area contributed by atoms with Gasteiger partial charge in [-0.1, -0.05) is 38.0 Å².